The minimum absolute atomic E-state index is 0.910. The third-order valence-electron chi connectivity index (χ3n) is 5.93. The molecular formula is C21H29Cl. The lowest BCUT2D eigenvalue weighted by molar-refractivity contribution is 0.189. The van der Waals surface area contributed by atoms with E-state index in [-0.39, 0.29) is 0 Å². The Morgan fingerprint density at radius 1 is 1.00 bits per heavy atom. The normalized spacial score (nSPS) is 29.2. The van der Waals surface area contributed by atoms with Gasteiger partial charge in [-0.15, -0.1) is 0 Å². The predicted octanol–water partition coefficient (Wildman–Crippen LogP) is 7.13. The van der Waals surface area contributed by atoms with Crippen LogP contribution in [-0.4, -0.2) is 0 Å². The summed E-state index contributed by atoms with van der Waals surface area (Å²) in [7, 11) is 0. The molecule has 120 valence electrons. The van der Waals surface area contributed by atoms with Gasteiger partial charge in [0.25, 0.3) is 0 Å². The number of rotatable bonds is 4. The predicted molar refractivity (Wildman–Crippen MR) is 97.1 cm³/mol. The average molecular weight is 317 g/mol. The molecule has 0 amide bonds. The molecule has 0 radical (unpaired) electrons. The van der Waals surface area contributed by atoms with E-state index in [0.717, 1.165) is 22.8 Å². The van der Waals surface area contributed by atoms with Crippen LogP contribution in [0.2, 0.25) is 5.02 Å². The van der Waals surface area contributed by atoms with Crippen LogP contribution in [0.1, 0.15) is 70.3 Å². The zero-order valence-electron chi connectivity index (χ0n) is 13.9. The number of benzene rings is 1. The zero-order valence-corrected chi connectivity index (χ0v) is 14.6. The van der Waals surface area contributed by atoms with Gasteiger partial charge in [0.05, 0.1) is 0 Å². The summed E-state index contributed by atoms with van der Waals surface area (Å²) >= 11 is 6.35. The van der Waals surface area contributed by atoms with Crippen molar-refractivity contribution >= 4 is 17.2 Å². The number of hydrogen-bond acceptors (Lipinski definition) is 0. The summed E-state index contributed by atoms with van der Waals surface area (Å²) in [5.41, 5.74) is 2.73. The summed E-state index contributed by atoms with van der Waals surface area (Å²) in [5.74, 6) is 2.94. The monoisotopic (exact) mass is 316 g/mol. The molecule has 2 aliphatic carbocycles. The first-order valence-electron chi connectivity index (χ1n) is 9.21. The Kier molecular flexibility index (Phi) is 5.63. The quantitative estimate of drug-likeness (QED) is 0.554. The third-order valence-corrected chi connectivity index (χ3v) is 6.26. The highest BCUT2D eigenvalue weighted by atomic mass is 35.5. The molecule has 0 N–H and O–H groups in total. The topological polar surface area (TPSA) is 0 Å². The van der Waals surface area contributed by atoms with Gasteiger partial charge in [0.2, 0.25) is 0 Å². The van der Waals surface area contributed by atoms with E-state index < -0.39 is 0 Å². The Morgan fingerprint density at radius 2 is 1.77 bits per heavy atom. The standard InChI is InChI=1S/C21H29Cl/c1-2-5-16-8-10-17(11-9-16)18-12-14-19(15-13-18)20-6-3-4-7-21(20)22/h3-4,6-7,14,16-18H,2,5,8-13,15H2,1H3. The second kappa shape index (κ2) is 7.68. The molecular weight excluding hydrogens is 288 g/mol. The van der Waals surface area contributed by atoms with Crippen LogP contribution in [0.3, 0.4) is 0 Å². The summed E-state index contributed by atoms with van der Waals surface area (Å²) in [6, 6.07) is 8.30. The average Bonchev–Trinajstić information content (AvgIpc) is 2.57. The number of halogens is 1. The highest BCUT2D eigenvalue weighted by Gasteiger charge is 2.28. The molecule has 1 atom stereocenters. The van der Waals surface area contributed by atoms with Gasteiger partial charge in [0.15, 0.2) is 0 Å². The minimum atomic E-state index is 0.910. The van der Waals surface area contributed by atoms with Crippen LogP contribution in [0.15, 0.2) is 30.3 Å². The Bertz CT molecular complexity index is 508. The van der Waals surface area contributed by atoms with Crippen molar-refractivity contribution < 1.29 is 0 Å². The molecule has 0 aliphatic heterocycles. The second-order valence-electron chi connectivity index (χ2n) is 7.31. The van der Waals surface area contributed by atoms with Crippen molar-refractivity contribution in [2.75, 3.05) is 0 Å². The van der Waals surface area contributed by atoms with Crippen molar-refractivity contribution in [3.63, 3.8) is 0 Å². The largest absolute Gasteiger partial charge is 0.0837 e. The molecule has 1 saturated carbocycles. The van der Waals surface area contributed by atoms with E-state index in [2.05, 4.69) is 25.1 Å². The van der Waals surface area contributed by atoms with E-state index >= 15 is 0 Å². The van der Waals surface area contributed by atoms with Crippen molar-refractivity contribution in [3.8, 4) is 0 Å². The minimum Gasteiger partial charge on any atom is -0.0837 e. The summed E-state index contributed by atoms with van der Waals surface area (Å²) in [4.78, 5) is 0. The van der Waals surface area contributed by atoms with Crippen molar-refractivity contribution in [1.82, 2.24) is 0 Å². The summed E-state index contributed by atoms with van der Waals surface area (Å²) in [6.45, 7) is 2.33. The number of allylic oxidation sites excluding steroid dienone is 2. The van der Waals surface area contributed by atoms with Crippen LogP contribution in [-0.2, 0) is 0 Å². The van der Waals surface area contributed by atoms with Crippen LogP contribution in [0.5, 0.6) is 0 Å². The molecule has 2 aliphatic rings. The summed E-state index contributed by atoms with van der Waals surface area (Å²) in [6.07, 6.45) is 15.1. The van der Waals surface area contributed by atoms with Crippen LogP contribution in [0.25, 0.3) is 5.57 Å². The molecule has 1 aromatic carbocycles. The summed E-state index contributed by atoms with van der Waals surface area (Å²) < 4.78 is 0. The van der Waals surface area contributed by atoms with E-state index in [1.807, 2.05) is 12.1 Å². The van der Waals surface area contributed by atoms with Crippen molar-refractivity contribution in [1.29, 1.82) is 0 Å². The molecule has 0 aromatic heterocycles. The van der Waals surface area contributed by atoms with Crippen LogP contribution >= 0.6 is 11.6 Å². The Labute approximate surface area is 141 Å². The maximum absolute atomic E-state index is 6.35. The molecule has 0 heterocycles. The van der Waals surface area contributed by atoms with Gasteiger partial charge in [-0.2, -0.15) is 0 Å². The molecule has 22 heavy (non-hydrogen) atoms. The van der Waals surface area contributed by atoms with Crippen molar-refractivity contribution in [3.05, 3.63) is 40.9 Å². The lowest BCUT2D eigenvalue weighted by atomic mass is 9.70. The molecule has 0 saturated heterocycles. The zero-order chi connectivity index (χ0) is 15.4. The smallest absolute Gasteiger partial charge is 0.0481 e. The number of hydrogen-bond donors (Lipinski definition) is 0. The lowest BCUT2D eigenvalue weighted by Gasteiger charge is -2.35. The van der Waals surface area contributed by atoms with Gasteiger partial charge < -0.3 is 0 Å². The molecule has 1 fully saturated rings. The van der Waals surface area contributed by atoms with Crippen LogP contribution in [0, 0.1) is 17.8 Å². The maximum Gasteiger partial charge on any atom is 0.0481 e. The Balaban J connectivity index is 1.57. The van der Waals surface area contributed by atoms with Gasteiger partial charge in [-0.1, -0.05) is 68.5 Å². The summed E-state index contributed by atoms with van der Waals surface area (Å²) in [5, 5.41) is 0.910. The van der Waals surface area contributed by atoms with Gasteiger partial charge >= 0.3 is 0 Å². The van der Waals surface area contributed by atoms with Crippen molar-refractivity contribution in [2.45, 2.75) is 64.7 Å². The van der Waals surface area contributed by atoms with E-state index in [0.29, 0.717) is 0 Å². The second-order valence-corrected chi connectivity index (χ2v) is 7.72. The maximum atomic E-state index is 6.35. The van der Waals surface area contributed by atoms with E-state index in [4.69, 9.17) is 11.6 Å². The first-order chi connectivity index (χ1) is 10.8. The van der Waals surface area contributed by atoms with Crippen LogP contribution < -0.4 is 0 Å². The molecule has 0 nitrogen and oxygen atoms in total. The molecule has 0 bridgehead atoms. The molecule has 1 heteroatoms. The highest BCUT2D eigenvalue weighted by molar-refractivity contribution is 6.32. The van der Waals surface area contributed by atoms with Crippen LogP contribution in [0.4, 0.5) is 0 Å². The molecule has 3 rings (SSSR count). The van der Waals surface area contributed by atoms with Gasteiger partial charge in [-0.25, -0.2) is 0 Å². The van der Waals surface area contributed by atoms with Gasteiger partial charge in [-0.05, 0) is 67.1 Å². The van der Waals surface area contributed by atoms with E-state index in [1.54, 1.807) is 0 Å². The lowest BCUT2D eigenvalue weighted by Crippen LogP contribution is -2.23. The molecule has 1 unspecified atom stereocenters. The molecule has 0 spiro atoms. The SMILES string of the molecule is CCCC1CCC(C2CC=C(c3ccccc3Cl)CC2)CC1. The van der Waals surface area contributed by atoms with E-state index in [1.165, 1.54) is 68.9 Å². The first-order valence-corrected chi connectivity index (χ1v) is 9.59. The molecule has 1 aromatic rings. The fourth-order valence-corrected chi connectivity index (χ4v) is 4.86. The fraction of sp³-hybridized carbons (Fsp3) is 0.619. The fourth-order valence-electron chi connectivity index (χ4n) is 4.61. The Morgan fingerprint density at radius 3 is 2.41 bits per heavy atom. The van der Waals surface area contributed by atoms with Gasteiger partial charge in [0, 0.05) is 5.02 Å². The highest BCUT2D eigenvalue weighted by Crippen LogP contribution is 2.42. The first kappa shape index (κ1) is 16.1. The van der Waals surface area contributed by atoms with Gasteiger partial charge in [0.1, 0.15) is 0 Å². The van der Waals surface area contributed by atoms with Gasteiger partial charge in [-0.3, -0.25) is 0 Å². The van der Waals surface area contributed by atoms with Crippen molar-refractivity contribution in [2.24, 2.45) is 17.8 Å². The third kappa shape index (κ3) is 3.77. The Hall–Kier alpha value is -0.750. The van der Waals surface area contributed by atoms with E-state index in [9.17, 15) is 0 Å².